The predicted molar refractivity (Wildman–Crippen MR) is 79.6 cm³/mol. The third-order valence-electron chi connectivity index (χ3n) is 3.10. The molecule has 0 unspecified atom stereocenters. The lowest BCUT2D eigenvalue weighted by Crippen LogP contribution is -2.31. The lowest BCUT2D eigenvalue weighted by molar-refractivity contribution is -0.124. The average molecular weight is 284 g/mol. The first-order valence-corrected chi connectivity index (χ1v) is 7.26. The van der Waals surface area contributed by atoms with E-state index in [2.05, 4.69) is 13.8 Å². The summed E-state index contributed by atoms with van der Waals surface area (Å²) < 4.78 is 0. The molecule has 0 atom stereocenters. The topological polar surface area (TPSA) is 29.5 Å². The number of hydrogen-bond acceptors (Lipinski definition) is 2. The van der Waals surface area contributed by atoms with Crippen molar-refractivity contribution in [3.8, 4) is 0 Å². The van der Waals surface area contributed by atoms with Gasteiger partial charge < -0.3 is 0 Å². The first kappa shape index (κ1) is 16.0. The fourth-order valence-corrected chi connectivity index (χ4v) is 2.25. The third-order valence-corrected chi connectivity index (χ3v) is 3.37. The van der Waals surface area contributed by atoms with Gasteiger partial charge in [-0.1, -0.05) is 32.0 Å². The molecule has 1 rings (SSSR count). The van der Waals surface area contributed by atoms with Crippen molar-refractivity contribution in [3.05, 3.63) is 29.3 Å². The second-order valence-corrected chi connectivity index (χ2v) is 4.67. The molecule has 0 saturated carbocycles. The maximum absolute atomic E-state index is 12.2. The number of anilines is 1. The Balaban J connectivity index is 3.12. The summed E-state index contributed by atoms with van der Waals surface area (Å²) in [4.78, 5) is 17.5. The summed E-state index contributed by atoms with van der Waals surface area (Å²) in [5.41, 5.74) is 3.15. The average Bonchev–Trinajstić information content (AvgIpc) is 2.45. The molecular weight excluding hydrogens is 262 g/mol. The molecule has 0 spiro atoms. The molecule has 1 amide bonds. The van der Waals surface area contributed by atoms with Gasteiger partial charge in [-0.15, -0.1) is 11.6 Å². The van der Waals surface area contributed by atoms with Gasteiger partial charge in [-0.05, 0) is 30.4 Å². The molecule has 0 radical (unpaired) electrons. The quantitative estimate of drug-likeness (QED) is 0.564. The van der Waals surface area contributed by atoms with Gasteiger partial charge in [0.15, 0.2) is 0 Å². The van der Waals surface area contributed by atoms with Crippen LogP contribution in [0.5, 0.6) is 0 Å². The van der Waals surface area contributed by atoms with Crippen LogP contribution in [0.2, 0.25) is 0 Å². The molecule has 0 bridgehead atoms. The fourth-order valence-electron chi connectivity index (χ4n) is 2.11. The highest BCUT2D eigenvalue weighted by atomic mass is 35.5. The molecule has 0 saturated heterocycles. The van der Waals surface area contributed by atoms with Crippen LogP contribution in [0.3, 0.4) is 0 Å². The van der Waals surface area contributed by atoms with Gasteiger partial charge in [0.05, 0.1) is 12.8 Å². The summed E-state index contributed by atoms with van der Waals surface area (Å²) in [6, 6.07) is 6.10. The van der Waals surface area contributed by atoms with Crippen LogP contribution in [-0.4, -0.2) is 18.9 Å². The number of rotatable bonds is 7. The first-order chi connectivity index (χ1) is 9.19. The number of carbonyl (C=O) groups excluding carboxylic acids is 1. The second-order valence-electron chi connectivity index (χ2n) is 4.30. The van der Waals surface area contributed by atoms with Crippen molar-refractivity contribution in [2.24, 2.45) is 0 Å². The van der Waals surface area contributed by atoms with Crippen LogP contribution in [0.15, 0.2) is 18.2 Å². The third kappa shape index (κ3) is 3.95. The van der Waals surface area contributed by atoms with E-state index in [4.69, 9.17) is 16.4 Å². The highest BCUT2D eigenvalue weighted by Gasteiger charge is 2.20. The Morgan fingerprint density at radius 2 is 1.84 bits per heavy atom. The van der Waals surface area contributed by atoms with Crippen LogP contribution < -0.4 is 5.06 Å². The Morgan fingerprint density at radius 1 is 1.26 bits per heavy atom. The number of hydroxylamine groups is 1. The Labute approximate surface area is 120 Å². The molecule has 106 valence electrons. The molecule has 0 fully saturated rings. The summed E-state index contributed by atoms with van der Waals surface area (Å²) in [7, 11) is 1.53. The number of alkyl halides is 1. The molecule has 3 nitrogen and oxygen atoms in total. The van der Waals surface area contributed by atoms with Gasteiger partial charge in [-0.25, -0.2) is 0 Å². The fraction of sp³-hybridized carbons (Fsp3) is 0.533. The van der Waals surface area contributed by atoms with E-state index in [1.807, 2.05) is 18.2 Å². The lowest BCUT2D eigenvalue weighted by atomic mass is 10.0. The van der Waals surface area contributed by atoms with E-state index in [9.17, 15) is 4.79 Å². The molecule has 1 aromatic carbocycles. The summed E-state index contributed by atoms with van der Waals surface area (Å²) >= 11 is 5.65. The largest absolute Gasteiger partial charge is 0.272 e. The van der Waals surface area contributed by atoms with E-state index >= 15 is 0 Å². The zero-order valence-electron chi connectivity index (χ0n) is 11.9. The van der Waals surface area contributed by atoms with Gasteiger partial charge in [0.25, 0.3) is 5.91 Å². The summed E-state index contributed by atoms with van der Waals surface area (Å²) in [6.45, 7) is 4.16. The van der Waals surface area contributed by atoms with Crippen molar-refractivity contribution in [2.75, 3.05) is 18.1 Å². The number of benzene rings is 1. The van der Waals surface area contributed by atoms with E-state index in [1.54, 1.807) is 0 Å². The minimum Gasteiger partial charge on any atom is -0.272 e. The zero-order chi connectivity index (χ0) is 14.3. The summed E-state index contributed by atoms with van der Waals surface area (Å²) in [6.07, 6.45) is 2.80. The van der Waals surface area contributed by atoms with E-state index < -0.39 is 0 Å². The number of halogens is 1. The van der Waals surface area contributed by atoms with Gasteiger partial charge >= 0.3 is 0 Å². The SMILES string of the molecule is CCc1cccc(CC)c1N(OC)C(=O)CCCCl. The van der Waals surface area contributed by atoms with Crippen LogP contribution in [0, 0.1) is 0 Å². The molecular formula is C15H22ClNO2. The Bertz CT molecular complexity index is 398. The number of para-hydroxylation sites is 1. The number of amides is 1. The predicted octanol–water partition coefficient (Wildman–Crippen LogP) is 3.72. The highest BCUT2D eigenvalue weighted by Crippen LogP contribution is 2.27. The van der Waals surface area contributed by atoms with E-state index in [0.29, 0.717) is 18.7 Å². The molecule has 4 heteroatoms. The molecule has 1 aromatic rings. The summed E-state index contributed by atoms with van der Waals surface area (Å²) in [5.74, 6) is 0.443. The van der Waals surface area contributed by atoms with Crippen LogP contribution in [0.4, 0.5) is 5.69 Å². The van der Waals surface area contributed by atoms with Crippen LogP contribution in [-0.2, 0) is 22.5 Å². The lowest BCUT2D eigenvalue weighted by Gasteiger charge is -2.25. The Morgan fingerprint density at radius 3 is 2.26 bits per heavy atom. The van der Waals surface area contributed by atoms with Crippen molar-refractivity contribution >= 4 is 23.2 Å². The normalized spacial score (nSPS) is 10.5. The maximum atomic E-state index is 12.2. The smallest absolute Gasteiger partial charge is 0.250 e. The van der Waals surface area contributed by atoms with E-state index in [0.717, 1.165) is 29.7 Å². The van der Waals surface area contributed by atoms with Gasteiger partial charge in [-0.3, -0.25) is 9.63 Å². The van der Waals surface area contributed by atoms with Crippen molar-refractivity contribution < 1.29 is 9.63 Å². The number of carbonyl (C=O) groups is 1. The van der Waals surface area contributed by atoms with Crippen LogP contribution in [0.25, 0.3) is 0 Å². The minimum atomic E-state index is -0.0428. The molecule has 0 N–H and O–H groups in total. The van der Waals surface area contributed by atoms with Crippen molar-refractivity contribution in [3.63, 3.8) is 0 Å². The number of nitrogens with zero attached hydrogens (tertiary/aromatic N) is 1. The van der Waals surface area contributed by atoms with Crippen molar-refractivity contribution in [1.29, 1.82) is 0 Å². The van der Waals surface area contributed by atoms with Crippen LogP contribution >= 0.6 is 11.6 Å². The van der Waals surface area contributed by atoms with Gasteiger partial charge in [0.1, 0.15) is 0 Å². The Hall–Kier alpha value is -1.06. The molecule has 0 heterocycles. The molecule has 0 aliphatic carbocycles. The molecule has 0 aromatic heterocycles. The van der Waals surface area contributed by atoms with Crippen molar-refractivity contribution in [2.45, 2.75) is 39.5 Å². The van der Waals surface area contributed by atoms with Gasteiger partial charge in [0, 0.05) is 12.3 Å². The molecule has 19 heavy (non-hydrogen) atoms. The standard InChI is InChI=1S/C15H22ClNO2/c1-4-12-8-6-9-13(5-2)15(12)17(19-3)14(18)10-7-11-16/h6,8-9H,4-5,7,10-11H2,1-3H3. The Kier molecular flexibility index (Phi) is 6.89. The molecule has 0 aliphatic heterocycles. The van der Waals surface area contributed by atoms with Crippen LogP contribution in [0.1, 0.15) is 37.8 Å². The first-order valence-electron chi connectivity index (χ1n) is 6.73. The minimum absolute atomic E-state index is 0.0428. The number of aryl methyl sites for hydroxylation is 2. The molecule has 0 aliphatic rings. The second kappa shape index (κ2) is 8.18. The zero-order valence-corrected chi connectivity index (χ0v) is 12.7. The number of hydrogen-bond donors (Lipinski definition) is 0. The van der Waals surface area contributed by atoms with E-state index in [-0.39, 0.29) is 5.91 Å². The summed E-state index contributed by atoms with van der Waals surface area (Å²) in [5, 5.41) is 1.42. The monoisotopic (exact) mass is 283 g/mol. The van der Waals surface area contributed by atoms with Gasteiger partial charge in [-0.2, -0.15) is 5.06 Å². The highest BCUT2D eigenvalue weighted by molar-refractivity contribution is 6.18. The maximum Gasteiger partial charge on any atom is 0.250 e. The van der Waals surface area contributed by atoms with E-state index in [1.165, 1.54) is 12.2 Å². The van der Waals surface area contributed by atoms with Gasteiger partial charge in [0.2, 0.25) is 0 Å². The van der Waals surface area contributed by atoms with Crippen molar-refractivity contribution in [1.82, 2.24) is 0 Å².